The average molecular weight is 603 g/mol. The van der Waals surface area contributed by atoms with Crippen LogP contribution in [0.3, 0.4) is 0 Å². The average Bonchev–Trinajstić information content (AvgIpc) is 3.47. The van der Waals surface area contributed by atoms with E-state index in [4.69, 9.17) is 34.8 Å². The molecule has 38 heavy (non-hydrogen) atoms. The van der Waals surface area contributed by atoms with Crippen LogP contribution < -0.4 is 4.90 Å². The van der Waals surface area contributed by atoms with Crippen molar-refractivity contribution in [3.8, 4) is 0 Å². The van der Waals surface area contributed by atoms with Crippen molar-refractivity contribution in [2.45, 2.75) is 23.1 Å². The number of halogens is 3. The summed E-state index contributed by atoms with van der Waals surface area (Å²) in [5.41, 5.74) is 2.88. The second kappa shape index (κ2) is 11.1. The second-order valence-electron chi connectivity index (χ2n) is 8.47. The van der Waals surface area contributed by atoms with Gasteiger partial charge in [0, 0.05) is 16.3 Å². The van der Waals surface area contributed by atoms with E-state index in [9.17, 15) is 14.7 Å². The predicted octanol–water partition coefficient (Wildman–Crippen LogP) is 7.73. The van der Waals surface area contributed by atoms with Gasteiger partial charge >= 0.3 is 5.91 Å². The Bertz CT molecular complexity index is 1570. The zero-order valence-electron chi connectivity index (χ0n) is 19.7. The number of carbonyl (C=O) groups is 2. The predicted molar refractivity (Wildman–Crippen MR) is 153 cm³/mol. The number of hydrogen-bond donors (Lipinski definition) is 1. The molecule has 1 saturated heterocycles. The molecule has 0 spiro atoms. The SMILES string of the molecule is Cc1ccc(/C(O)=C2/C(=O)C(=O)N(c3nnc(SCc4ccc(Cl)cc4)s3)C2c2ccc(Cl)c(Cl)c2)cc1. The van der Waals surface area contributed by atoms with Crippen LogP contribution in [0.5, 0.6) is 0 Å². The highest BCUT2D eigenvalue weighted by molar-refractivity contribution is 8.00. The van der Waals surface area contributed by atoms with E-state index in [1.165, 1.54) is 28.0 Å². The molecule has 1 fully saturated rings. The van der Waals surface area contributed by atoms with Gasteiger partial charge in [0.25, 0.3) is 5.78 Å². The molecule has 5 rings (SSSR count). The van der Waals surface area contributed by atoms with E-state index in [0.29, 0.717) is 31.3 Å². The molecule has 1 atom stereocenters. The van der Waals surface area contributed by atoms with Gasteiger partial charge in [-0.05, 0) is 42.3 Å². The molecule has 1 amide bonds. The molecule has 6 nitrogen and oxygen atoms in total. The highest BCUT2D eigenvalue weighted by Crippen LogP contribution is 2.45. The maximum atomic E-state index is 13.4. The van der Waals surface area contributed by atoms with Gasteiger partial charge in [0.1, 0.15) is 5.76 Å². The van der Waals surface area contributed by atoms with Crippen LogP contribution in [0, 0.1) is 6.92 Å². The summed E-state index contributed by atoms with van der Waals surface area (Å²) >= 11 is 21.0. The number of rotatable bonds is 6. The lowest BCUT2D eigenvalue weighted by atomic mass is 9.95. The Morgan fingerprint density at radius 1 is 0.974 bits per heavy atom. The fourth-order valence-electron chi connectivity index (χ4n) is 3.98. The molecule has 2 heterocycles. The first kappa shape index (κ1) is 26.7. The minimum absolute atomic E-state index is 0.0668. The number of ketones is 1. The van der Waals surface area contributed by atoms with Crippen LogP contribution in [0.1, 0.15) is 28.3 Å². The van der Waals surface area contributed by atoms with Crippen molar-refractivity contribution < 1.29 is 14.7 Å². The summed E-state index contributed by atoms with van der Waals surface area (Å²) in [4.78, 5) is 27.9. The number of anilines is 1. The molecule has 1 aromatic heterocycles. The topological polar surface area (TPSA) is 83.4 Å². The summed E-state index contributed by atoms with van der Waals surface area (Å²) in [6.45, 7) is 1.91. The van der Waals surface area contributed by atoms with Crippen molar-refractivity contribution >= 4 is 80.5 Å². The summed E-state index contributed by atoms with van der Waals surface area (Å²) < 4.78 is 0.614. The van der Waals surface area contributed by atoms with Gasteiger partial charge in [-0.25, -0.2) is 0 Å². The molecular formula is C27H18Cl3N3O3S2. The Labute approximate surface area is 241 Å². The third kappa shape index (κ3) is 5.32. The number of nitrogens with zero attached hydrogens (tertiary/aromatic N) is 3. The summed E-state index contributed by atoms with van der Waals surface area (Å²) in [6.07, 6.45) is 0. The highest BCUT2D eigenvalue weighted by Gasteiger charge is 2.48. The van der Waals surface area contributed by atoms with E-state index in [1.807, 2.05) is 43.3 Å². The molecule has 0 saturated carbocycles. The van der Waals surface area contributed by atoms with Gasteiger partial charge < -0.3 is 5.11 Å². The standard InChI is InChI=1S/C27H18Cl3N3O3S2/c1-14-2-6-16(7-3-14)23(34)21-22(17-8-11-19(29)20(30)12-17)33(25(36)24(21)35)26-31-32-27(38-26)37-13-15-4-9-18(28)10-5-15/h2-12,22,34H,13H2,1H3/b23-21-. The van der Waals surface area contributed by atoms with Crippen molar-refractivity contribution in [1.82, 2.24) is 10.2 Å². The molecule has 1 N–H and O–H groups in total. The van der Waals surface area contributed by atoms with E-state index in [2.05, 4.69) is 10.2 Å². The number of Topliss-reactive ketones (excluding diaryl/α,β-unsaturated/α-hetero) is 1. The monoisotopic (exact) mass is 601 g/mol. The number of carbonyl (C=O) groups excluding carboxylic acids is 2. The van der Waals surface area contributed by atoms with Crippen LogP contribution in [-0.2, 0) is 15.3 Å². The summed E-state index contributed by atoms with van der Waals surface area (Å²) in [7, 11) is 0. The number of thioether (sulfide) groups is 1. The van der Waals surface area contributed by atoms with Gasteiger partial charge in [-0.15, -0.1) is 10.2 Å². The third-order valence-corrected chi connectivity index (χ3v) is 9.02. The number of benzene rings is 3. The van der Waals surface area contributed by atoms with Crippen molar-refractivity contribution in [2.75, 3.05) is 4.90 Å². The van der Waals surface area contributed by atoms with Crippen molar-refractivity contribution in [3.63, 3.8) is 0 Å². The first-order valence-electron chi connectivity index (χ1n) is 11.3. The fourth-order valence-corrected chi connectivity index (χ4v) is 6.23. The molecule has 3 aromatic carbocycles. The maximum Gasteiger partial charge on any atom is 0.301 e. The largest absolute Gasteiger partial charge is 0.507 e. The zero-order chi connectivity index (χ0) is 27.0. The van der Waals surface area contributed by atoms with Crippen LogP contribution in [0.4, 0.5) is 5.13 Å². The third-order valence-electron chi connectivity index (χ3n) is 5.91. The first-order chi connectivity index (χ1) is 18.2. The molecule has 4 aromatic rings. The zero-order valence-corrected chi connectivity index (χ0v) is 23.6. The number of aliphatic hydroxyl groups is 1. The van der Waals surface area contributed by atoms with Gasteiger partial charge in [0.15, 0.2) is 4.34 Å². The molecule has 192 valence electrons. The van der Waals surface area contributed by atoms with Gasteiger partial charge in [-0.2, -0.15) is 0 Å². The van der Waals surface area contributed by atoms with E-state index in [-0.39, 0.29) is 21.5 Å². The highest BCUT2D eigenvalue weighted by atomic mass is 35.5. The first-order valence-corrected chi connectivity index (χ1v) is 14.2. The maximum absolute atomic E-state index is 13.4. The Morgan fingerprint density at radius 3 is 2.37 bits per heavy atom. The molecule has 1 aliphatic rings. The lowest BCUT2D eigenvalue weighted by Crippen LogP contribution is -2.29. The second-order valence-corrected chi connectivity index (χ2v) is 11.9. The van der Waals surface area contributed by atoms with Crippen molar-refractivity contribution in [3.05, 3.63) is 110 Å². The smallest absolute Gasteiger partial charge is 0.301 e. The van der Waals surface area contributed by atoms with Crippen LogP contribution in [0.2, 0.25) is 15.1 Å². The Balaban J connectivity index is 1.55. The molecular weight excluding hydrogens is 585 g/mol. The molecule has 0 radical (unpaired) electrons. The van der Waals surface area contributed by atoms with Crippen LogP contribution >= 0.6 is 57.9 Å². The molecule has 1 aliphatic heterocycles. The van der Waals surface area contributed by atoms with E-state index in [1.54, 1.807) is 30.3 Å². The quantitative estimate of drug-likeness (QED) is 0.0800. The summed E-state index contributed by atoms with van der Waals surface area (Å²) in [6, 6.07) is 18.3. The van der Waals surface area contributed by atoms with E-state index in [0.717, 1.165) is 11.1 Å². The lowest BCUT2D eigenvalue weighted by molar-refractivity contribution is -0.132. The number of aryl methyl sites for hydroxylation is 1. The number of amides is 1. The normalized spacial score (nSPS) is 16.8. The molecule has 11 heteroatoms. The van der Waals surface area contributed by atoms with Crippen LogP contribution in [0.25, 0.3) is 5.76 Å². The number of aliphatic hydroxyl groups excluding tert-OH is 1. The Hall–Kier alpha value is -2.88. The van der Waals surface area contributed by atoms with E-state index < -0.39 is 17.7 Å². The summed E-state index contributed by atoms with van der Waals surface area (Å²) in [5, 5.41) is 21.1. The van der Waals surface area contributed by atoms with Crippen molar-refractivity contribution in [1.29, 1.82) is 0 Å². The van der Waals surface area contributed by atoms with Gasteiger partial charge in [-0.1, -0.05) is 106 Å². The van der Waals surface area contributed by atoms with Crippen LogP contribution in [0.15, 0.2) is 76.6 Å². The number of hydrogen-bond acceptors (Lipinski definition) is 7. The van der Waals surface area contributed by atoms with Gasteiger partial charge in [0.05, 0.1) is 21.7 Å². The van der Waals surface area contributed by atoms with Gasteiger partial charge in [-0.3, -0.25) is 14.5 Å². The minimum Gasteiger partial charge on any atom is -0.507 e. The molecule has 1 unspecified atom stereocenters. The molecule has 0 aliphatic carbocycles. The Morgan fingerprint density at radius 2 is 1.68 bits per heavy atom. The Kier molecular flexibility index (Phi) is 7.79. The molecule has 0 bridgehead atoms. The summed E-state index contributed by atoms with van der Waals surface area (Å²) in [5.74, 6) is -1.32. The van der Waals surface area contributed by atoms with E-state index >= 15 is 0 Å². The van der Waals surface area contributed by atoms with Gasteiger partial charge in [0.2, 0.25) is 5.13 Å². The van der Waals surface area contributed by atoms with Crippen LogP contribution in [-0.4, -0.2) is 27.0 Å². The fraction of sp³-hybridized carbons (Fsp3) is 0.111. The number of aromatic nitrogens is 2. The van der Waals surface area contributed by atoms with Crippen molar-refractivity contribution in [2.24, 2.45) is 0 Å². The lowest BCUT2D eigenvalue weighted by Gasteiger charge is -2.22. The minimum atomic E-state index is -0.979.